The molecule has 2 aromatic heterocycles. The molecule has 0 aliphatic heterocycles. The number of amides is 1. The van der Waals surface area contributed by atoms with Gasteiger partial charge >= 0.3 is 5.69 Å². The molecule has 0 spiro atoms. The van der Waals surface area contributed by atoms with Gasteiger partial charge in [-0.1, -0.05) is 0 Å². The topological polar surface area (TPSA) is 90.6 Å². The van der Waals surface area contributed by atoms with E-state index in [4.69, 9.17) is 0 Å². The fourth-order valence-electron chi connectivity index (χ4n) is 1.12. The second kappa shape index (κ2) is 4.31. The Morgan fingerprint density at radius 2 is 2.31 bits per heavy atom. The molecule has 2 heterocycles. The molecule has 7 heteroatoms. The Hall–Kier alpha value is -1.89. The summed E-state index contributed by atoms with van der Waals surface area (Å²) in [7, 11) is 0. The molecular weight excluding hydrogens is 276 g/mol. The van der Waals surface area contributed by atoms with Crippen molar-refractivity contribution in [2.75, 3.05) is 5.32 Å². The predicted molar refractivity (Wildman–Crippen MR) is 61.3 cm³/mol. The molecule has 0 unspecified atom stereocenters. The average Bonchev–Trinajstić information content (AvgIpc) is 2.68. The number of nitrogens with zero attached hydrogens (tertiary/aromatic N) is 1. The van der Waals surface area contributed by atoms with Crippen LogP contribution in [0.25, 0.3) is 0 Å². The van der Waals surface area contributed by atoms with Crippen molar-refractivity contribution in [3.05, 3.63) is 45.3 Å². The lowest BCUT2D eigenvalue weighted by Crippen LogP contribution is -2.14. The molecule has 0 atom stereocenters. The first-order valence-corrected chi connectivity index (χ1v) is 5.14. The normalized spacial score (nSPS) is 10.1. The van der Waals surface area contributed by atoms with Gasteiger partial charge in [-0.05, 0) is 22.0 Å². The van der Waals surface area contributed by atoms with Crippen LogP contribution in [-0.2, 0) is 0 Å². The van der Waals surface area contributed by atoms with Crippen LogP contribution in [0.1, 0.15) is 10.5 Å². The van der Waals surface area contributed by atoms with Gasteiger partial charge in [0.15, 0.2) is 0 Å². The second-order valence-corrected chi connectivity index (χ2v) is 3.82. The maximum Gasteiger partial charge on any atom is 0.323 e. The number of H-pyrrole nitrogens is 2. The summed E-state index contributed by atoms with van der Waals surface area (Å²) < 4.78 is 0.668. The summed E-state index contributed by atoms with van der Waals surface area (Å²) in [6.45, 7) is 0. The van der Waals surface area contributed by atoms with E-state index in [1.165, 1.54) is 6.20 Å². The van der Waals surface area contributed by atoms with Gasteiger partial charge in [-0.15, -0.1) is 0 Å². The zero-order valence-corrected chi connectivity index (χ0v) is 9.54. The molecule has 2 aromatic rings. The zero-order valence-electron chi connectivity index (χ0n) is 7.95. The first-order chi connectivity index (χ1) is 7.66. The lowest BCUT2D eigenvalue weighted by atomic mass is 10.3. The summed E-state index contributed by atoms with van der Waals surface area (Å²) in [5, 5.41) is 2.62. The van der Waals surface area contributed by atoms with Crippen molar-refractivity contribution >= 4 is 27.5 Å². The predicted octanol–water partition coefficient (Wildman–Crippen LogP) is 1.11. The minimum absolute atomic E-state index is 0.175. The largest absolute Gasteiger partial charge is 0.323 e. The first kappa shape index (κ1) is 10.6. The van der Waals surface area contributed by atoms with Crippen molar-refractivity contribution < 1.29 is 4.79 Å². The Bertz CT molecular complexity index is 575. The number of rotatable bonds is 2. The number of hydrogen-bond donors (Lipinski definition) is 3. The fraction of sp³-hybridized carbons (Fsp3) is 0. The lowest BCUT2D eigenvalue weighted by Gasteiger charge is -2.04. The highest BCUT2D eigenvalue weighted by Crippen LogP contribution is 2.20. The monoisotopic (exact) mass is 282 g/mol. The van der Waals surface area contributed by atoms with Crippen molar-refractivity contribution in [2.24, 2.45) is 0 Å². The van der Waals surface area contributed by atoms with Crippen LogP contribution in [0.4, 0.5) is 5.69 Å². The van der Waals surface area contributed by atoms with Gasteiger partial charge in [-0.3, -0.25) is 9.78 Å². The smallest absolute Gasteiger partial charge is 0.320 e. The van der Waals surface area contributed by atoms with E-state index in [1.807, 2.05) is 0 Å². The molecule has 82 valence electrons. The zero-order chi connectivity index (χ0) is 11.5. The Morgan fingerprint density at radius 1 is 1.50 bits per heavy atom. The summed E-state index contributed by atoms with van der Waals surface area (Å²) in [6, 6.07) is 1.65. The van der Waals surface area contributed by atoms with Crippen LogP contribution in [0.5, 0.6) is 0 Å². The molecule has 0 fully saturated rings. The Kier molecular flexibility index (Phi) is 2.86. The van der Waals surface area contributed by atoms with Crippen LogP contribution >= 0.6 is 15.9 Å². The lowest BCUT2D eigenvalue weighted by molar-refractivity contribution is 0.102. The Labute approximate surface area is 98.2 Å². The first-order valence-electron chi connectivity index (χ1n) is 4.35. The highest BCUT2D eigenvalue weighted by atomic mass is 79.9. The number of nitrogens with one attached hydrogen (secondary N) is 3. The number of hydrogen-bond acceptors (Lipinski definition) is 3. The highest BCUT2D eigenvalue weighted by molar-refractivity contribution is 9.10. The molecular formula is C9H7BrN4O2. The quantitative estimate of drug-likeness (QED) is 0.771. The number of imidazole rings is 1. The third-order valence-corrected chi connectivity index (χ3v) is 2.49. The molecule has 0 aliphatic carbocycles. The third-order valence-electron chi connectivity index (χ3n) is 1.86. The Morgan fingerprint density at radius 3 is 2.94 bits per heavy atom. The molecule has 0 radical (unpaired) electrons. The van der Waals surface area contributed by atoms with E-state index in [9.17, 15) is 9.59 Å². The van der Waals surface area contributed by atoms with Crippen LogP contribution in [0, 0.1) is 0 Å². The fourth-order valence-corrected chi connectivity index (χ4v) is 1.47. The number of anilines is 1. The maximum atomic E-state index is 11.6. The van der Waals surface area contributed by atoms with Crippen molar-refractivity contribution in [3.8, 4) is 0 Å². The molecule has 16 heavy (non-hydrogen) atoms. The summed E-state index contributed by atoms with van der Waals surface area (Å²) in [6.07, 6.45) is 4.43. The van der Waals surface area contributed by atoms with Crippen LogP contribution < -0.4 is 11.0 Å². The van der Waals surface area contributed by atoms with E-state index in [0.717, 1.165) is 0 Å². The molecule has 3 N–H and O–H groups in total. The van der Waals surface area contributed by atoms with Gasteiger partial charge in [0.1, 0.15) is 5.69 Å². The van der Waals surface area contributed by atoms with Crippen molar-refractivity contribution in [3.63, 3.8) is 0 Å². The maximum absolute atomic E-state index is 11.6. The van der Waals surface area contributed by atoms with E-state index < -0.39 is 11.6 Å². The molecule has 0 aliphatic rings. The van der Waals surface area contributed by atoms with E-state index in [2.05, 4.69) is 36.2 Å². The van der Waals surface area contributed by atoms with Gasteiger partial charge in [-0.25, -0.2) is 4.79 Å². The molecule has 0 saturated carbocycles. The molecule has 6 nitrogen and oxygen atoms in total. The molecule has 0 saturated heterocycles. The summed E-state index contributed by atoms with van der Waals surface area (Å²) >= 11 is 3.25. The minimum atomic E-state index is -0.418. The number of aromatic nitrogens is 3. The van der Waals surface area contributed by atoms with Crippen LogP contribution in [-0.4, -0.2) is 20.9 Å². The molecule has 0 bridgehead atoms. The summed E-state index contributed by atoms with van der Waals surface area (Å²) in [4.78, 5) is 31.0. The van der Waals surface area contributed by atoms with E-state index in [1.54, 1.807) is 18.5 Å². The van der Waals surface area contributed by atoms with Gasteiger partial charge in [0, 0.05) is 18.6 Å². The van der Waals surface area contributed by atoms with Crippen LogP contribution in [0.3, 0.4) is 0 Å². The van der Waals surface area contributed by atoms with Gasteiger partial charge in [0.25, 0.3) is 5.91 Å². The second-order valence-electron chi connectivity index (χ2n) is 2.97. The number of aromatic amines is 2. The van der Waals surface area contributed by atoms with Gasteiger partial charge in [0.05, 0.1) is 10.2 Å². The summed E-state index contributed by atoms with van der Waals surface area (Å²) in [5.74, 6) is -0.398. The van der Waals surface area contributed by atoms with Gasteiger partial charge in [0.2, 0.25) is 0 Å². The Balaban J connectivity index is 2.20. The molecule has 2 rings (SSSR count). The van der Waals surface area contributed by atoms with Crippen molar-refractivity contribution in [1.82, 2.24) is 15.0 Å². The van der Waals surface area contributed by atoms with Crippen LogP contribution in [0.15, 0.2) is 33.9 Å². The van der Waals surface area contributed by atoms with E-state index in [-0.39, 0.29) is 5.69 Å². The van der Waals surface area contributed by atoms with Gasteiger partial charge < -0.3 is 15.3 Å². The standard InChI is InChI=1S/C9H7BrN4O2/c10-5-3-11-2-1-6(5)13-8(15)7-4-12-9(16)14-7/h1-4H,(H,11,13,15)(H2,12,14,16). The third kappa shape index (κ3) is 2.19. The van der Waals surface area contributed by atoms with Crippen molar-refractivity contribution in [1.29, 1.82) is 0 Å². The van der Waals surface area contributed by atoms with Crippen molar-refractivity contribution in [2.45, 2.75) is 0 Å². The van der Waals surface area contributed by atoms with Gasteiger partial charge in [-0.2, -0.15) is 0 Å². The summed E-state index contributed by atoms with van der Waals surface area (Å²) in [5.41, 5.74) is 0.342. The minimum Gasteiger partial charge on any atom is -0.320 e. The van der Waals surface area contributed by atoms with E-state index in [0.29, 0.717) is 10.2 Å². The molecule has 0 aromatic carbocycles. The number of carbonyl (C=O) groups is 1. The van der Waals surface area contributed by atoms with E-state index >= 15 is 0 Å². The highest BCUT2D eigenvalue weighted by Gasteiger charge is 2.09. The SMILES string of the molecule is O=C(Nc1ccncc1Br)c1c[nH]c(=O)[nH]1. The number of halogens is 1. The number of carbonyl (C=O) groups excluding carboxylic acids is 1. The molecule has 1 amide bonds. The average molecular weight is 283 g/mol. The number of pyridine rings is 1. The van der Waals surface area contributed by atoms with Crippen LogP contribution in [0.2, 0.25) is 0 Å².